The van der Waals surface area contributed by atoms with Crippen molar-refractivity contribution in [1.82, 2.24) is 0 Å². The summed E-state index contributed by atoms with van der Waals surface area (Å²) in [4.78, 5) is 13.6. The van der Waals surface area contributed by atoms with Crippen molar-refractivity contribution in [1.29, 1.82) is 0 Å². The fraction of sp³-hybridized carbons (Fsp3) is 0.471. The van der Waals surface area contributed by atoms with Gasteiger partial charge in [0.25, 0.3) is 0 Å². The normalized spacial score (nSPS) is 22.3. The molecule has 114 valence electrons. The van der Waals surface area contributed by atoms with Gasteiger partial charge in [0.2, 0.25) is 5.91 Å². The van der Waals surface area contributed by atoms with Crippen LogP contribution in [0.2, 0.25) is 0 Å². The van der Waals surface area contributed by atoms with Crippen LogP contribution in [0.4, 0.5) is 5.69 Å². The summed E-state index contributed by atoms with van der Waals surface area (Å²) in [6, 6.07) is 7.89. The molecule has 1 aliphatic carbocycles. The molecule has 0 heterocycles. The molecule has 3 nitrogen and oxygen atoms in total. The minimum Gasteiger partial charge on any atom is -0.327 e. The molecule has 1 saturated carbocycles. The third-order valence-electron chi connectivity index (χ3n) is 3.91. The molecule has 4 heteroatoms. The maximum absolute atomic E-state index is 12.5. The van der Waals surface area contributed by atoms with Gasteiger partial charge in [0.05, 0.1) is 11.6 Å². The number of rotatable bonds is 5. The number of thioether (sulfide) groups is 1. The van der Waals surface area contributed by atoms with E-state index in [1.54, 1.807) is 11.8 Å². The van der Waals surface area contributed by atoms with Gasteiger partial charge in [0.15, 0.2) is 0 Å². The van der Waals surface area contributed by atoms with E-state index in [4.69, 9.17) is 5.73 Å². The van der Waals surface area contributed by atoms with Crippen LogP contribution in [0.5, 0.6) is 0 Å². The molecular formula is C17H24N2OS. The Morgan fingerprint density at radius 2 is 2.10 bits per heavy atom. The molecule has 1 amide bonds. The number of carbonyl (C=O) groups excluding carboxylic acids is 1. The van der Waals surface area contributed by atoms with E-state index >= 15 is 0 Å². The van der Waals surface area contributed by atoms with Crippen LogP contribution >= 0.6 is 11.8 Å². The van der Waals surface area contributed by atoms with E-state index in [1.807, 2.05) is 30.3 Å². The first-order valence-electron chi connectivity index (χ1n) is 7.61. The maximum atomic E-state index is 12.5. The average molecular weight is 304 g/mol. The molecule has 0 saturated heterocycles. The van der Waals surface area contributed by atoms with Gasteiger partial charge in [-0.05, 0) is 25.0 Å². The summed E-state index contributed by atoms with van der Waals surface area (Å²) >= 11 is 1.68. The molecule has 1 aromatic carbocycles. The first-order chi connectivity index (χ1) is 10.2. The van der Waals surface area contributed by atoms with Crippen molar-refractivity contribution >= 4 is 23.4 Å². The lowest BCUT2D eigenvalue weighted by Gasteiger charge is -2.21. The number of nitrogens with one attached hydrogen (secondary N) is 1. The molecule has 2 rings (SSSR count). The smallest absolute Gasteiger partial charge is 0.229 e. The van der Waals surface area contributed by atoms with Crippen molar-refractivity contribution in [3.8, 4) is 0 Å². The molecule has 0 aliphatic heterocycles. The van der Waals surface area contributed by atoms with Crippen LogP contribution in [0, 0.1) is 5.92 Å². The molecule has 3 N–H and O–H groups in total. The topological polar surface area (TPSA) is 55.1 Å². The second-order valence-electron chi connectivity index (χ2n) is 5.49. The Morgan fingerprint density at radius 3 is 2.90 bits per heavy atom. The predicted molar refractivity (Wildman–Crippen MR) is 90.5 cm³/mol. The lowest BCUT2D eigenvalue weighted by molar-refractivity contribution is -0.120. The second-order valence-corrected chi connectivity index (χ2v) is 6.56. The average Bonchev–Trinajstić information content (AvgIpc) is 2.71. The van der Waals surface area contributed by atoms with Crippen LogP contribution in [0.25, 0.3) is 0 Å². The molecular weight excluding hydrogens is 280 g/mol. The van der Waals surface area contributed by atoms with Gasteiger partial charge in [-0.2, -0.15) is 0 Å². The molecule has 2 atom stereocenters. The molecule has 1 fully saturated rings. The Hall–Kier alpha value is -1.26. The number of benzene rings is 1. The second kappa shape index (κ2) is 8.25. The Labute approximate surface area is 131 Å². The standard InChI is InChI=1S/C17H24N2OS/c1-2-12-21-16-11-7-6-10-15(16)19-17(20)13-8-4-3-5-9-14(13)18/h2,6-7,10-11,13-14H,1,3-5,8-9,12,18H2,(H,19,20). The third kappa shape index (κ3) is 4.61. The van der Waals surface area contributed by atoms with Crippen molar-refractivity contribution in [3.63, 3.8) is 0 Å². The first-order valence-corrected chi connectivity index (χ1v) is 8.60. The summed E-state index contributed by atoms with van der Waals surface area (Å²) in [6.45, 7) is 3.74. The van der Waals surface area contributed by atoms with Crippen LogP contribution in [0.15, 0.2) is 41.8 Å². The highest BCUT2D eigenvalue weighted by Gasteiger charge is 2.27. The highest BCUT2D eigenvalue weighted by Crippen LogP contribution is 2.29. The van der Waals surface area contributed by atoms with Crippen LogP contribution in [0.3, 0.4) is 0 Å². The van der Waals surface area contributed by atoms with E-state index in [0.29, 0.717) is 0 Å². The first kappa shape index (κ1) is 16.1. The monoisotopic (exact) mass is 304 g/mol. The zero-order chi connectivity index (χ0) is 15.1. The van der Waals surface area contributed by atoms with Crippen LogP contribution in [-0.4, -0.2) is 17.7 Å². The highest BCUT2D eigenvalue weighted by atomic mass is 32.2. The molecule has 2 unspecified atom stereocenters. The minimum atomic E-state index is -0.0649. The predicted octanol–water partition coefficient (Wildman–Crippen LogP) is 3.81. The SMILES string of the molecule is C=CCSc1ccccc1NC(=O)C1CCCCCC1N. The minimum absolute atomic E-state index is 0.0134. The van der Waals surface area contributed by atoms with Crippen LogP contribution in [0.1, 0.15) is 32.1 Å². The molecule has 21 heavy (non-hydrogen) atoms. The van der Waals surface area contributed by atoms with Gasteiger partial charge in [-0.15, -0.1) is 18.3 Å². The van der Waals surface area contributed by atoms with Gasteiger partial charge >= 0.3 is 0 Å². The maximum Gasteiger partial charge on any atom is 0.229 e. The van der Waals surface area contributed by atoms with Gasteiger partial charge in [-0.3, -0.25) is 4.79 Å². The van der Waals surface area contributed by atoms with Gasteiger partial charge in [0.1, 0.15) is 0 Å². The van der Waals surface area contributed by atoms with Crippen molar-refractivity contribution in [2.45, 2.75) is 43.0 Å². The Morgan fingerprint density at radius 1 is 1.33 bits per heavy atom. The highest BCUT2D eigenvalue weighted by molar-refractivity contribution is 7.99. The summed E-state index contributed by atoms with van der Waals surface area (Å²) in [6.07, 6.45) is 7.13. The number of amides is 1. The fourth-order valence-corrected chi connectivity index (χ4v) is 3.48. The molecule has 1 aromatic rings. The third-order valence-corrected chi connectivity index (χ3v) is 4.98. The van der Waals surface area contributed by atoms with Gasteiger partial charge in [0, 0.05) is 16.7 Å². The van der Waals surface area contributed by atoms with E-state index in [9.17, 15) is 4.79 Å². The zero-order valence-corrected chi connectivity index (χ0v) is 13.2. The summed E-state index contributed by atoms with van der Waals surface area (Å²) < 4.78 is 0. The van der Waals surface area contributed by atoms with Crippen LogP contribution in [-0.2, 0) is 4.79 Å². The summed E-state index contributed by atoms with van der Waals surface area (Å²) in [5.74, 6) is 0.830. The number of para-hydroxylation sites is 1. The van der Waals surface area contributed by atoms with Crippen molar-refractivity contribution < 1.29 is 4.79 Å². The summed E-state index contributed by atoms with van der Waals surface area (Å²) in [7, 11) is 0. The van der Waals surface area contributed by atoms with E-state index in [1.165, 1.54) is 6.42 Å². The van der Waals surface area contributed by atoms with Gasteiger partial charge in [-0.1, -0.05) is 37.5 Å². The molecule has 0 aromatic heterocycles. The van der Waals surface area contributed by atoms with E-state index in [2.05, 4.69) is 11.9 Å². The largest absolute Gasteiger partial charge is 0.327 e. The Bertz CT molecular complexity index is 489. The number of carbonyl (C=O) groups is 1. The van der Waals surface area contributed by atoms with E-state index < -0.39 is 0 Å². The van der Waals surface area contributed by atoms with Crippen molar-refractivity contribution in [2.24, 2.45) is 11.7 Å². The number of nitrogens with two attached hydrogens (primary N) is 1. The molecule has 0 radical (unpaired) electrons. The lowest BCUT2D eigenvalue weighted by atomic mass is 9.94. The molecule has 0 bridgehead atoms. The van der Waals surface area contributed by atoms with Crippen molar-refractivity contribution in [3.05, 3.63) is 36.9 Å². The van der Waals surface area contributed by atoms with E-state index in [-0.39, 0.29) is 17.9 Å². The van der Waals surface area contributed by atoms with Crippen LogP contribution < -0.4 is 11.1 Å². The molecule has 0 spiro atoms. The Kier molecular flexibility index (Phi) is 6.33. The zero-order valence-electron chi connectivity index (χ0n) is 12.4. The van der Waals surface area contributed by atoms with E-state index in [0.717, 1.165) is 42.0 Å². The fourth-order valence-electron chi connectivity index (χ4n) is 2.73. The molecule has 1 aliphatic rings. The van der Waals surface area contributed by atoms with Crippen molar-refractivity contribution in [2.75, 3.05) is 11.1 Å². The number of hydrogen-bond acceptors (Lipinski definition) is 3. The number of anilines is 1. The summed E-state index contributed by atoms with van der Waals surface area (Å²) in [5, 5.41) is 3.07. The Balaban J connectivity index is 2.06. The quantitative estimate of drug-likeness (QED) is 0.494. The summed E-state index contributed by atoms with van der Waals surface area (Å²) in [5.41, 5.74) is 7.05. The van der Waals surface area contributed by atoms with Gasteiger partial charge < -0.3 is 11.1 Å². The lowest BCUT2D eigenvalue weighted by Crippen LogP contribution is -2.37. The number of hydrogen-bond donors (Lipinski definition) is 2. The van der Waals surface area contributed by atoms with Gasteiger partial charge in [-0.25, -0.2) is 0 Å².